The van der Waals surface area contributed by atoms with Crippen LogP contribution in [0.4, 0.5) is 4.39 Å². The van der Waals surface area contributed by atoms with Gasteiger partial charge in [-0.15, -0.1) is 0 Å². The van der Waals surface area contributed by atoms with Crippen molar-refractivity contribution >= 4 is 5.97 Å². The van der Waals surface area contributed by atoms with Crippen molar-refractivity contribution in [3.8, 4) is 0 Å². The highest BCUT2D eigenvalue weighted by atomic mass is 19.1. The summed E-state index contributed by atoms with van der Waals surface area (Å²) < 4.78 is 13.3. The molecule has 1 rings (SSSR count). The van der Waals surface area contributed by atoms with Crippen molar-refractivity contribution in [2.75, 3.05) is 13.6 Å². The Bertz CT molecular complexity index is 355. The standard InChI is InChI=1S/C12H16FNO2/c1-14(8-4-7-12(15)16)9-10-5-2-3-6-11(10)13/h2-3,5-6H,4,7-9H2,1H3,(H,15,16). The second-order valence-corrected chi connectivity index (χ2v) is 3.95. The number of carboxylic acids is 1. The molecular weight excluding hydrogens is 209 g/mol. The van der Waals surface area contributed by atoms with E-state index in [1.807, 2.05) is 7.05 Å². The van der Waals surface area contributed by atoms with Crippen molar-refractivity contribution in [2.24, 2.45) is 0 Å². The number of aliphatic carboxylic acids is 1. The number of benzene rings is 1. The van der Waals surface area contributed by atoms with Crippen molar-refractivity contribution in [3.05, 3.63) is 35.6 Å². The number of rotatable bonds is 6. The molecule has 1 aromatic rings. The van der Waals surface area contributed by atoms with Crippen molar-refractivity contribution in [2.45, 2.75) is 19.4 Å². The van der Waals surface area contributed by atoms with Gasteiger partial charge in [-0.1, -0.05) is 18.2 Å². The highest BCUT2D eigenvalue weighted by Crippen LogP contribution is 2.03. The zero-order chi connectivity index (χ0) is 12.0. The lowest BCUT2D eigenvalue weighted by Crippen LogP contribution is -3.07. The minimum atomic E-state index is -1.03. The second kappa shape index (κ2) is 6.23. The third-order valence-electron chi connectivity index (χ3n) is 2.43. The minimum Gasteiger partial charge on any atom is -0.550 e. The number of halogens is 1. The van der Waals surface area contributed by atoms with Crippen LogP contribution in [-0.2, 0) is 11.3 Å². The molecular formula is C12H16FNO2. The molecule has 1 atom stereocenters. The quantitative estimate of drug-likeness (QED) is 0.700. The van der Waals surface area contributed by atoms with E-state index >= 15 is 0 Å². The predicted molar refractivity (Wildman–Crippen MR) is 56.1 cm³/mol. The fourth-order valence-corrected chi connectivity index (χ4v) is 1.59. The van der Waals surface area contributed by atoms with Gasteiger partial charge in [0.05, 0.1) is 13.6 Å². The van der Waals surface area contributed by atoms with Crippen LogP contribution in [0.3, 0.4) is 0 Å². The first-order valence-corrected chi connectivity index (χ1v) is 5.34. The van der Waals surface area contributed by atoms with E-state index in [2.05, 4.69) is 0 Å². The van der Waals surface area contributed by atoms with Crippen LogP contribution < -0.4 is 10.0 Å². The molecule has 0 saturated heterocycles. The topological polar surface area (TPSA) is 44.6 Å². The van der Waals surface area contributed by atoms with Gasteiger partial charge in [0.15, 0.2) is 0 Å². The van der Waals surface area contributed by atoms with Gasteiger partial charge in [-0.3, -0.25) is 0 Å². The van der Waals surface area contributed by atoms with Crippen LogP contribution in [0.1, 0.15) is 18.4 Å². The molecule has 4 heteroatoms. The largest absolute Gasteiger partial charge is 0.550 e. The number of carbonyl (C=O) groups is 1. The maximum atomic E-state index is 13.3. The van der Waals surface area contributed by atoms with E-state index in [0.717, 1.165) is 4.90 Å². The molecule has 16 heavy (non-hydrogen) atoms. The maximum absolute atomic E-state index is 13.3. The van der Waals surface area contributed by atoms with E-state index in [1.165, 1.54) is 6.07 Å². The molecule has 0 aliphatic heterocycles. The Morgan fingerprint density at radius 1 is 1.44 bits per heavy atom. The third-order valence-corrected chi connectivity index (χ3v) is 2.43. The van der Waals surface area contributed by atoms with Gasteiger partial charge in [0.2, 0.25) is 0 Å². The van der Waals surface area contributed by atoms with Crippen LogP contribution >= 0.6 is 0 Å². The Kier molecular flexibility index (Phi) is 4.92. The molecule has 0 fully saturated rings. The molecule has 88 valence electrons. The number of nitrogens with one attached hydrogen (secondary N) is 1. The molecule has 1 aromatic carbocycles. The summed E-state index contributed by atoms with van der Waals surface area (Å²) >= 11 is 0. The smallest absolute Gasteiger partial charge is 0.132 e. The number of carbonyl (C=O) groups excluding carboxylic acids is 1. The second-order valence-electron chi connectivity index (χ2n) is 3.95. The predicted octanol–water partition coefficient (Wildman–Crippen LogP) is -0.629. The zero-order valence-electron chi connectivity index (χ0n) is 9.33. The van der Waals surface area contributed by atoms with Gasteiger partial charge in [-0.2, -0.15) is 0 Å². The summed E-state index contributed by atoms with van der Waals surface area (Å²) in [6.07, 6.45) is 0.622. The van der Waals surface area contributed by atoms with Crippen molar-refractivity contribution in [1.29, 1.82) is 0 Å². The normalized spacial score (nSPS) is 12.4. The number of quaternary nitrogens is 1. The molecule has 0 radical (unpaired) electrons. The first-order chi connectivity index (χ1) is 7.59. The van der Waals surface area contributed by atoms with E-state index in [9.17, 15) is 14.3 Å². The van der Waals surface area contributed by atoms with E-state index in [0.29, 0.717) is 25.1 Å². The lowest BCUT2D eigenvalue weighted by atomic mass is 10.2. The van der Waals surface area contributed by atoms with Gasteiger partial charge >= 0.3 is 0 Å². The van der Waals surface area contributed by atoms with Crippen LogP contribution in [0.25, 0.3) is 0 Å². The van der Waals surface area contributed by atoms with Crippen molar-refractivity contribution < 1.29 is 19.2 Å². The monoisotopic (exact) mass is 225 g/mol. The van der Waals surface area contributed by atoms with Gasteiger partial charge in [0, 0.05) is 18.0 Å². The third kappa shape index (κ3) is 4.40. The molecule has 0 aliphatic carbocycles. The molecule has 1 N–H and O–H groups in total. The van der Waals surface area contributed by atoms with Crippen LogP contribution in [0.15, 0.2) is 24.3 Å². The van der Waals surface area contributed by atoms with E-state index in [-0.39, 0.29) is 12.2 Å². The Morgan fingerprint density at radius 3 is 2.75 bits per heavy atom. The number of hydrogen-bond donors (Lipinski definition) is 1. The van der Waals surface area contributed by atoms with Gasteiger partial charge < -0.3 is 14.8 Å². The summed E-state index contributed by atoms with van der Waals surface area (Å²) in [5, 5.41) is 10.2. The van der Waals surface area contributed by atoms with Gasteiger partial charge in [0.1, 0.15) is 12.4 Å². The first-order valence-electron chi connectivity index (χ1n) is 5.34. The highest BCUT2D eigenvalue weighted by molar-refractivity contribution is 5.64. The molecule has 0 aromatic heterocycles. The first kappa shape index (κ1) is 12.6. The van der Waals surface area contributed by atoms with E-state index < -0.39 is 5.97 Å². The maximum Gasteiger partial charge on any atom is 0.132 e. The van der Waals surface area contributed by atoms with Crippen LogP contribution in [0.2, 0.25) is 0 Å². The zero-order valence-corrected chi connectivity index (χ0v) is 9.33. The molecule has 1 unspecified atom stereocenters. The lowest BCUT2D eigenvalue weighted by molar-refractivity contribution is -0.894. The summed E-state index contributed by atoms with van der Waals surface area (Å²) in [6.45, 7) is 1.27. The van der Waals surface area contributed by atoms with E-state index in [1.54, 1.807) is 18.2 Å². The lowest BCUT2D eigenvalue weighted by Gasteiger charge is -2.14. The molecule has 0 amide bonds. The highest BCUT2D eigenvalue weighted by Gasteiger charge is 2.07. The molecule has 0 spiro atoms. The summed E-state index contributed by atoms with van der Waals surface area (Å²) in [5.41, 5.74) is 0.661. The summed E-state index contributed by atoms with van der Waals surface area (Å²) in [7, 11) is 1.92. The van der Waals surface area contributed by atoms with Crippen molar-refractivity contribution in [3.63, 3.8) is 0 Å². The van der Waals surface area contributed by atoms with Crippen molar-refractivity contribution in [1.82, 2.24) is 0 Å². The summed E-state index contributed by atoms with van der Waals surface area (Å²) in [5.74, 6) is -1.24. The summed E-state index contributed by atoms with van der Waals surface area (Å²) in [4.78, 5) is 11.3. The van der Waals surface area contributed by atoms with Gasteiger partial charge in [-0.25, -0.2) is 4.39 Å². The van der Waals surface area contributed by atoms with Crippen LogP contribution in [0.5, 0.6) is 0 Å². The van der Waals surface area contributed by atoms with Gasteiger partial charge in [-0.05, 0) is 12.5 Å². The van der Waals surface area contributed by atoms with Crippen LogP contribution in [0, 0.1) is 5.82 Å². The average molecular weight is 225 g/mol. The Labute approximate surface area is 94.5 Å². The minimum absolute atomic E-state index is 0.0641. The van der Waals surface area contributed by atoms with E-state index in [4.69, 9.17) is 0 Å². The van der Waals surface area contributed by atoms with Crippen LogP contribution in [-0.4, -0.2) is 19.6 Å². The number of carboxylic acid groups (broad SMARTS) is 1. The average Bonchev–Trinajstić information content (AvgIpc) is 2.21. The Balaban J connectivity index is 2.37. The molecule has 0 heterocycles. The molecule has 0 aliphatic rings. The fourth-order valence-electron chi connectivity index (χ4n) is 1.59. The molecule has 0 bridgehead atoms. The fraction of sp³-hybridized carbons (Fsp3) is 0.417. The molecule has 3 nitrogen and oxygen atoms in total. The number of hydrogen-bond acceptors (Lipinski definition) is 2. The van der Waals surface area contributed by atoms with Gasteiger partial charge in [0.25, 0.3) is 0 Å². The SMILES string of the molecule is C[NH+](CCCC(=O)[O-])Cc1ccccc1F. The Morgan fingerprint density at radius 2 is 2.12 bits per heavy atom. The summed E-state index contributed by atoms with van der Waals surface area (Å²) in [6, 6.07) is 6.64. The Hall–Kier alpha value is -1.42. The molecule has 0 saturated carbocycles.